The molecular weight excluding hydrogens is 310 g/mol. The maximum absolute atomic E-state index is 12.3. The van der Waals surface area contributed by atoms with Crippen molar-refractivity contribution in [3.8, 4) is 11.1 Å². The van der Waals surface area contributed by atoms with Crippen molar-refractivity contribution in [3.05, 3.63) is 85.7 Å². The van der Waals surface area contributed by atoms with Crippen molar-refractivity contribution in [2.45, 2.75) is 32.7 Å². The van der Waals surface area contributed by atoms with E-state index in [-0.39, 0.29) is 10.9 Å². The third kappa shape index (κ3) is 2.60. The van der Waals surface area contributed by atoms with Gasteiger partial charge in [0.15, 0.2) is 0 Å². The summed E-state index contributed by atoms with van der Waals surface area (Å²) >= 11 is 0. The predicted octanol–water partition coefficient (Wildman–Crippen LogP) is 3.64. The molecule has 3 aromatic rings. The first-order chi connectivity index (χ1) is 12.1. The van der Waals surface area contributed by atoms with E-state index < -0.39 is 0 Å². The van der Waals surface area contributed by atoms with E-state index in [2.05, 4.69) is 30.9 Å². The van der Waals surface area contributed by atoms with Gasteiger partial charge in [-0.1, -0.05) is 62.4 Å². The quantitative estimate of drug-likeness (QED) is 0.688. The second-order valence-corrected chi connectivity index (χ2v) is 7.10. The lowest BCUT2D eigenvalue weighted by atomic mass is 9.92. The van der Waals surface area contributed by atoms with Crippen molar-refractivity contribution in [1.82, 2.24) is 0 Å². The van der Waals surface area contributed by atoms with Gasteiger partial charge in [0.1, 0.15) is 5.69 Å². The molecule has 0 aromatic heterocycles. The van der Waals surface area contributed by atoms with Gasteiger partial charge >= 0.3 is 0 Å². The highest BCUT2D eigenvalue weighted by molar-refractivity contribution is 5.83. The van der Waals surface area contributed by atoms with Crippen LogP contribution in [0.4, 0.5) is 5.69 Å². The Morgan fingerprint density at radius 2 is 1.56 bits per heavy atom. The molecule has 0 saturated carbocycles. The molecule has 0 aliphatic carbocycles. The zero-order valence-corrected chi connectivity index (χ0v) is 14.6. The fourth-order valence-electron chi connectivity index (χ4n) is 3.67. The van der Waals surface area contributed by atoms with Gasteiger partial charge in [0, 0.05) is 13.1 Å². The molecule has 126 valence electrons. The van der Waals surface area contributed by atoms with Crippen LogP contribution in [-0.2, 0) is 13.0 Å². The number of nitrogens with zero attached hydrogens (tertiary/aromatic N) is 1. The van der Waals surface area contributed by atoms with Gasteiger partial charge in [0.05, 0.1) is 5.56 Å². The number of fused-ring (bicyclic) bond motifs is 1. The van der Waals surface area contributed by atoms with E-state index in [0.717, 1.165) is 18.5 Å². The second kappa shape index (κ2) is 5.99. The molecule has 0 bridgehead atoms. The molecule has 0 spiro atoms. The summed E-state index contributed by atoms with van der Waals surface area (Å²) in [5.74, 6) is 0.444. The van der Waals surface area contributed by atoms with Crippen LogP contribution in [0, 0.1) is 0 Å². The van der Waals surface area contributed by atoms with Gasteiger partial charge in [-0.05, 0) is 34.6 Å². The summed E-state index contributed by atoms with van der Waals surface area (Å²) in [4.78, 5) is 26.6. The number of anilines is 1. The lowest BCUT2D eigenvalue weighted by Gasteiger charge is -2.32. The number of benzene rings is 2. The van der Waals surface area contributed by atoms with Crippen molar-refractivity contribution in [3.63, 3.8) is 0 Å². The molecule has 0 fully saturated rings. The van der Waals surface area contributed by atoms with Crippen molar-refractivity contribution >= 4 is 5.69 Å². The van der Waals surface area contributed by atoms with E-state index in [9.17, 15) is 9.59 Å². The van der Waals surface area contributed by atoms with Crippen LogP contribution < -0.4 is 15.8 Å². The minimum atomic E-state index is -0.355. The monoisotopic (exact) mass is 331 g/mol. The Bertz CT molecular complexity index is 992. The zero-order valence-electron chi connectivity index (χ0n) is 14.6. The standard InChI is InChI=1S/C22H21NO2/c1-14(2)15-7-9-17(10-8-15)19-20(22(25)21(19)24)23-12-11-16-5-3-4-6-18(16)13-23/h3-10,14H,11-13H2,1-2H3. The van der Waals surface area contributed by atoms with Crippen molar-refractivity contribution < 1.29 is 0 Å². The third-order valence-electron chi connectivity index (χ3n) is 5.20. The Morgan fingerprint density at radius 1 is 0.880 bits per heavy atom. The van der Waals surface area contributed by atoms with Crippen molar-refractivity contribution in [1.29, 1.82) is 0 Å². The molecule has 0 saturated heterocycles. The van der Waals surface area contributed by atoms with E-state index in [1.807, 2.05) is 36.4 Å². The molecule has 3 heteroatoms. The van der Waals surface area contributed by atoms with Crippen molar-refractivity contribution in [2.75, 3.05) is 11.4 Å². The SMILES string of the molecule is CC(C)c1ccc(-c2c(N3CCc4ccccc4C3)c(=O)c2=O)cc1. The van der Waals surface area contributed by atoms with Crippen LogP contribution in [-0.4, -0.2) is 6.54 Å². The molecule has 3 aromatic carbocycles. The van der Waals surface area contributed by atoms with Gasteiger partial charge in [-0.15, -0.1) is 0 Å². The average molecular weight is 331 g/mol. The molecule has 3 nitrogen and oxygen atoms in total. The van der Waals surface area contributed by atoms with Crippen LogP contribution in [0.15, 0.2) is 58.1 Å². The largest absolute Gasteiger partial charge is 0.363 e. The van der Waals surface area contributed by atoms with Crippen molar-refractivity contribution in [2.24, 2.45) is 0 Å². The molecule has 4 rings (SSSR count). The lowest BCUT2D eigenvalue weighted by Crippen LogP contribution is -2.44. The minimum Gasteiger partial charge on any atom is -0.363 e. The minimum absolute atomic E-state index is 0.345. The zero-order chi connectivity index (χ0) is 17.6. The lowest BCUT2D eigenvalue weighted by molar-refractivity contribution is 0.726. The van der Waals surface area contributed by atoms with Crippen LogP contribution >= 0.6 is 0 Å². The van der Waals surface area contributed by atoms with Crippen LogP contribution in [0.2, 0.25) is 0 Å². The maximum atomic E-state index is 12.3. The summed E-state index contributed by atoms with van der Waals surface area (Å²) in [5, 5.41) is 0. The topological polar surface area (TPSA) is 37.4 Å². The van der Waals surface area contributed by atoms with Crippen LogP contribution in [0.5, 0.6) is 0 Å². The molecule has 25 heavy (non-hydrogen) atoms. The smallest absolute Gasteiger partial charge is 0.250 e. The van der Waals surface area contributed by atoms with Gasteiger partial charge in [-0.3, -0.25) is 9.59 Å². The Balaban J connectivity index is 1.70. The Labute approximate surface area is 147 Å². The van der Waals surface area contributed by atoms with Gasteiger partial charge in [-0.2, -0.15) is 0 Å². The van der Waals surface area contributed by atoms with Crippen LogP contribution in [0.25, 0.3) is 11.1 Å². The fourth-order valence-corrected chi connectivity index (χ4v) is 3.67. The Kier molecular flexibility index (Phi) is 3.79. The molecule has 0 N–H and O–H groups in total. The van der Waals surface area contributed by atoms with Gasteiger partial charge < -0.3 is 4.90 Å². The highest BCUT2D eigenvalue weighted by Crippen LogP contribution is 2.31. The summed E-state index contributed by atoms with van der Waals surface area (Å²) < 4.78 is 0. The summed E-state index contributed by atoms with van der Waals surface area (Å²) in [6.07, 6.45) is 0.903. The molecule has 0 atom stereocenters. The van der Waals surface area contributed by atoms with E-state index in [1.165, 1.54) is 16.7 Å². The first-order valence-electron chi connectivity index (χ1n) is 8.81. The number of rotatable bonds is 3. The molecule has 0 unspecified atom stereocenters. The molecular formula is C22H21NO2. The van der Waals surface area contributed by atoms with Crippen LogP contribution in [0.1, 0.15) is 36.5 Å². The summed E-state index contributed by atoms with van der Waals surface area (Å²) in [6, 6.07) is 16.3. The van der Waals surface area contributed by atoms with E-state index in [0.29, 0.717) is 23.7 Å². The molecule has 1 aliphatic rings. The summed E-state index contributed by atoms with van der Waals surface area (Å²) in [6.45, 7) is 5.75. The predicted molar refractivity (Wildman–Crippen MR) is 102 cm³/mol. The van der Waals surface area contributed by atoms with Gasteiger partial charge in [-0.25, -0.2) is 0 Å². The Morgan fingerprint density at radius 3 is 2.24 bits per heavy atom. The number of hydrogen-bond acceptors (Lipinski definition) is 3. The summed E-state index contributed by atoms with van der Waals surface area (Å²) in [5.41, 5.74) is 5.13. The first kappa shape index (κ1) is 15.8. The maximum Gasteiger partial charge on any atom is 0.250 e. The molecule has 0 radical (unpaired) electrons. The second-order valence-electron chi connectivity index (χ2n) is 7.10. The normalized spacial score (nSPS) is 14.1. The van der Waals surface area contributed by atoms with E-state index in [4.69, 9.17) is 0 Å². The third-order valence-corrected chi connectivity index (χ3v) is 5.20. The molecule has 1 heterocycles. The summed E-state index contributed by atoms with van der Waals surface area (Å²) in [7, 11) is 0. The fraction of sp³-hybridized carbons (Fsp3) is 0.273. The molecule has 0 amide bonds. The van der Waals surface area contributed by atoms with Gasteiger partial charge in [0.25, 0.3) is 0 Å². The van der Waals surface area contributed by atoms with E-state index in [1.54, 1.807) is 0 Å². The highest BCUT2D eigenvalue weighted by atomic mass is 16.2. The number of hydrogen-bond donors (Lipinski definition) is 0. The van der Waals surface area contributed by atoms with Gasteiger partial charge in [0.2, 0.25) is 10.9 Å². The van der Waals surface area contributed by atoms with Crippen LogP contribution in [0.3, 0.4) is 0 Å². The highest BCUT2D eigenvalue weighted by Gasteiger charge is 2.29. The Hall–Kier alpha value is -2.68. The molecule has 1 aliphatic heterocycles. The first-order valence-corrected chi connectivity index (χ1v) is 8.81. The van der Waals surface area contributed by atoms with E-state index >= 15 is 0 Å². The average Bonchev–Trinajstić information content (AvgIpc) is 2.65.